The van der Waals surface area contributed by atoms with E-state index in [0.29, 0.717) is 0 Å². The average Bonchev–Trinajstić information content (AvgIpc) is 2.59. The Morgan fingerprint density at radius 1 is 0.957 bits per heavy atom. The van der Waals surface area contributed by atoms with Gasteiger partial charge in [0.15, 0.2) is 0 Å². The van der Waals surface area contributed by atoms with E-state index in [2.05, 4.69) is 58.1 Å². The zero-order chi connectivity index (χ0) is 15.9. The number of hydrogen-bond acceptors (Lipinski definition) is 4. The summed E-state index contributed by atoms with van der Waals surface area (Å²) >= 11 is 1.96. The molecule has 122 valence electrons. The molecule has 1 fully saturated rings. The summed E-state index contributed by atoms with van der Waals surface area (Å²) in [6.45, 7) is 8.92. The normalized spacial score (nSPS) is 16.6. The molecule has 0 amide bonds. The first-order valence-electron chi connectivity index (χ1n) is 8.34. The third-order valence-corrected chi connectivity index (χ3v) is 5.27. The van der Waals surface area contributed by atoms with E-state index in [4.69, 9.17) is 0 Å². The molecule has 1 aromatic heterocycles. The van der Waals surface area contributed by atoms with Crippen molar-refractivity contribution in [3.8, 4) is 0 Å². The summed E-state index contributed by atoms with van der Waals surface area (Å²) in [7, 11) is 0. The number of hydrogen-bond donors (Lipinski definition) is 0. The maximum absolute atomic E-state index is 4.42. The number of aromatic nitrogens is 1. The van der Waals surface area contributed by atoms with E-state index in [0.717, 1.165) is 19.6 Å². The van der Waals surface area contributed by atoms with Crippen LogP contribution in [0.4, 0.5) is 0 Å². The monoisotopic (exact) mass is 327 g/mol. The first-order chi connectivity index (χ1) is 11.3. The molecular weight excluding hydrogens is 302 g/mol. The molecule has 3 rings (SSSR count). The van der Waals surface area contributed by atoms with E-state index < -0.39 is 0 Å². The molecule has 0 atom stereocenters. The van der Waals surface area contributed by atoms with Crippen molar-refractivity contribution < 1.29 is 0 Å². The molecule has 0 unspecified atom stereocenters. The molecule has 0 radical (unpaired) electrons. The molecule has 1 aliphatic rings. The van der Waals surface area contributed by atoms with Crippen molar-refractivity contribution in [1.82, 2.24) is 14.8 Å². The van der Waals surface area contributed by atoms with Crippen LogP contribution in [0.15, 0.2) is 53.6 Å². The molecule has 0 spiro atoms. The van der Waals surface area contributed by atoms with Crippen molar-refractivity contribution in [2.24, 2.45) is 0 Å². The van der Waals surface area contributed by atoms with E-state index in [1.807, 2.05) is 24.0 Å². The van der Waals surface area contributed by atoms with Crippen molar-refractivity contribution in [2.45, 2.75) is 18.4 Å². The van der Waals surface area contributed by atoms with Gasteiger partial charge in [-0.3, -0.25) is 14.8 Å². The minimum Gasteiger partial charge on any atom is -0.300 e. The van der Waals surface area contributed by atoms with Gasteiger partial charge in [0.25, 0.3) is 0 Å². The molecule has 1 aliphatic heterocycles. The van der Waals surface area contributed by atoms with Gasteiger partial charge in [-0.25, -0.2) is 0 Å². The highest BCUT2D eigenvalue weighted by molar-refractivity contribution is 7.99. The number of piperazine rings is 1. The summed E-state index contributed by atoms with van der Waals surface area (Å²) in [5, 5.41) is 0. The lowest BCUT2D eigenvalue weighted by atomic mass is 10.2. The molecule has 0 bridgehead atoms. The Kier molecular flexibility index (Phi) is 6.08. The van der Waals surface area contributed by atoms with Crippen LogP contribution < -0.4 is 0 Å². The molecule has 2 aromatic rings. The lowest BCUT2D eigenvalue weighted by molar-refractivity contribution is 0.131. The van der Waals surface area contributed by atoms with Gasteiger partial charge in [-0.05, 0) is 31.2 Å². The molecular formula is C19H25N3S. The van der Waals surface area contributed by atoms with E-state index in [1.54, 1.807) is 0 Å². The molecule has 0 N–H and O–H groups in total. The zero-order valence-corrected chi connectivity index (χ0v) is 14.6. The quantitative estimate of drug-likeness (QED) is 0.758. The maximum Gasteiger partial charge on any atom is 0.0543 e. The highest BCUT2D eigenvalue weighted by Crippen LogP contribution is 2.18. The number of nitrogens with zero attached hydrogens (tertiary/aromatic N) is 3. The maximum atomic E-state index is 4.42. The van der Waals surface area contributed by atoms with Gasteiger partial charge in [0, 0.05) is 56.1 Å². The number of pyridine rings is 1. The smallest absolute Gasteiger partial charge is 0.0543 e. The van der Waals surface area contributed by atoms with E-state index in [-0.39, 0.29) is 0 Å². The highest BCUT2D eigenvalue weighted by atomic mass is 32.2. The minimum absolute atomic E-state index is 0.979. The molecule has 0 aliphatic carbocycles. The molecule has 2 heterocycles. The number of rotatable bonds is 6. The van der Waals surface area contributed by atoms with Gasteiger partial charge in [0.05, 0.1) is 5.69 Å². The fourth-order valence-corrected chi connectivity index (χ4v) is 3.73. The van der Waals surface area contributed by atoms with Crippen LogP contribution in [0.5, 0.6) is 0 Å². The Morgan fingerprint density at radius 2 is 1.70 bits per heavy atom. The zero-order valence-electron chi connectivity index (χ0n) is 13.8. The SMILES string of the molecule is Cc1ccc(SCCN2CCN(Cc3ccccn3)CC2)cc1. The second kappa shape index (κ2) is 8.48. The van der Waals surface area contributed by atoms with Crippen molar-refractivity contribution in [3.05, 3.63) is 59.9 Å². The first kappa shape index (κ1) is 16.5. The van der Waals surface area contributed by atoms with Gasteiger partial charge in [-0.15, -0.1) is 11.8 Å². The highest BCUT2D eigenvalue weighted by Gasteiger charge is 2.16. The number of thioether (sulfide) groups is 1. The Hall–Kier alpha value is -1.36. The minimum atomic E-state index is 0.979. The van der Waals surface area contributed by atoms with Gasteiger partial charge in [0.1, 0.15) is 0 Å². The summed E-state index contributed by atoms with van der Waals surface area (Å²) < 4.78 is 0. The second-order valence-corrected chi connectivity index (χ2v) is 7.27. The second-order valence-electron chi connectivity index (χ2n) is 6.10. The Bertz CT molecular complexity index is 577. The van der Waals surface area contributed by atoms with E-state index in [9.17, 15) is 0 Å². The Balaban J connectivity index is 1.35. The van der Waals surface area contributed by atoms with Crippen molar-refractivity contribution in [1.29, 1.82) is 0 Å². The van der Waals surface area contributed by atoms with Crippen molar-refractivity contribution in [3.63, 3.8) is 0 Å². The van der Waals surface area contributed by atoms with Gasteiger partial charge in [-0.1, -0.05) is 23.8 Å². The van der Waals surface area contributed by atoms with Gasteiger partial charge >= 0.3 is 0 Å². The summed E-state index contributed by atoms with van der Waals surface area (Å²) in [5.74, 6) is 1.17. The lowest BCUT2D eigenvalue weighted by Gasteiger charge is -2.34. The standard InChI is InChI=1S/C19H25N3S/c1-17-5-7-19(8-6-17)23-15-14-21-10-12-22(13-11-21)16-18-4-2-3-9-20-18/h2-9H,10-16H2,1H3. The topological polar surface area (TPSA) is 19.4 Å². The van der Waals surface area contributed by atoms with E-state index in [1.165, 1.54) is 41.5 Å². The lowest BCUT2D eigenvalue weighted by Crippen LogP contribution is -2.46. The fourth-order valence-electron chi connectivity index (χ4n) is 2.82. The summed E-state index contributed by atoms with van der Waals surface area (Å²) in [6, 6.07) is 15.0. The fraction of sp³-hybridized carbons (Fsp3) is 0.421. The predicted molar refractivity (Wildman–Crippen MR) is 97.9 cm³/mol. The van der Waals surface area contributed by atoms with Crippen LogP contribution in [-0.2, 0) is 6.54 Å². The third kappa shape index (κ3) is 5.34. The number of aryl methyl sites for hydroxylation is 1. The van der Waals surface area contributed by atoms with Crippen LogP contribution in [0.3, 0.4) is 0 Å². The predicted octanol–water partition coefficient (Wildman–Crippen LogP) is 3.30. The van der Waals surface area contributed by atoms with Crippen LogP contribution in [0.2, 0.25) is 0 Å². The average molecular weight is 327 g/mol. The van der Waals surface area contributed by atoms with Crippen LogP contribution in [0.1, 0.15) is 11.3 Å². The molecule has 1 aromatic carbocycles. The van der Waals surface area contributed by atoms with Crippen LogP contribution in [-0.4, -0.2) is 53.3 Å². The third-order valence-electron chi connectivity index (χ3n) is 4.27. The summed E-state index contributed by atoms with van der Waals surface area (Å²) in [6.07, 6.45) is 1.88. The van der Waals surface area contributed by atoms with Crippen LogP contribution >= 0.6 is 11.8 Å². The summed E-state index contributed by atoms with van der Waals surface area (Å²) in [5.41, 5.74) is 2.51. The molecule has 4 heteroatoms. The van der Waals surface area contributed by atoms with Gasteiger partial charge < -0.3 is 0 Å². The van der Waals surface area contributed by atoms with Gasteiger partial charge in [0.2, 0.25) is 0 Å². The van der Waals surface area contributed by atoms with Crippen molar-refractivity contribution in [2.75, 3.05) is 38.5 Å². The molecule has 3 nitrogen and oxygen atoms in total. The van der Waals surface area contributed by atoms with Crippen LogP contribution in [0, 0.1) is 6.92 Å². The van der Waals surface area contributed by atoms with E-state index >= 15 is 0 Å². The first-order valence-corrected chi connectivity index (χ1v) is 9.32. The van der Waals surface area contributed by atoms with Gasteiger partial charge in [-0.2, -0.15) is 0 Å². The van der Waals surface area contributed by atoms with Crippen LogP contribution in [0.25, 0.3) is 0 Å². The molecule has 0 saturated carbocycles. The Morgan fingerprint density at radius 3 is 2.39 bits per heavy atom. The largest absolute Gasteiger partial charge is 0.300 e. The summed E-state index contributed by atoms with van der Waals surface area (Å²) in [4.78, 5) is 10.9. The molecule has 1 saturated heterocycles. The molecule has 23 heavy (non-hydrogen) atoms. The van der Waals surface area contributed by atoms with Crippen molar-refractivity contribution >= 4 is 11.8 Å². The number of benzene rings is 1. The Labute approximate surface area is 143 Å².